The highest BCUT2D eigenvalue weighted by molar-refractivity contribution is 5.95. The zero-order chi connectivity index (χ0) is 14.5. The number of benzene rings is 1. The van der Waals surface area contributed by atoms with E-state index in [0.717, 1.165) is 35.9 Å². The highest BCUT2D eigenvalue weighted by Crippen LogP contribution is 2.29. The third-order valence-electron chi connectivity index (χ3n) is 3.30. The van der Waals surface area contributed by atoms with Gasteiger partial charge >= 0.3 is 0 Å². The second-order valence-electron chi connectivity index (χ2n) is 4.80. The minimum atomic E-state index is -0.152. The van der Waals surface area contributed by atoms with Crippen LogP contribution in [-0.2, 0) is 6.42 Å². The Balaban J connectivity index is 2.53. The second-order valence-corrected chi connectivity index (χ2v) is 4.80. The summed E-state index contributed by atoms with van der Waals surface area (Å²) in [4.78, 5) is 14.7. The van der Waals surface area contributed by atoms with Crippen molar-refractivity contribution >= 4 is 16.6 Å². The van der Waals surface area contributed by atoms with Gasteiger partial charge in [-0.05, 0) is 31.0 Å². The molecular weight excluding hydrogens is 256 g/mol. The molecule has 0 atom stereocenters. The van der Waals surface area contributed by atoms with E-state index >= 15 is 0 Å². The minimum absolute atomic E-state index is 0.0222. The Hall–Kier alpha value is -2.01. The summed E-state index contributed by atoms with van der Waals surface area (Å²) in [6.45, 7) is 2.52. The molecule has 5 heteroatoms. The molecule has 0 saturated carbocycles. The van der Waals surface area contributed by atoms with E-state index in [-0.39, 0.29) is 17.9 Å². The number of anilines is 1. The smallest absolute Gasteiger partial charge is 0.251 e. The maximum Gasteiger partial charge on any atom is 0.251 e. The SMILES string of the molecule is CCCCc1cc2c(NCCO)ccc(O)c2[nH]c1=O. The number of aryl methyl sites for hydroxylation is 1. The number of aliphatic hydroxyl groups excluding tert-OH is 1. The molecule has 0 fully saturated rings. The Labute approximate surface area is 117 Å². The number of hydrogen-bond donors (Lipinski definition) is 4. The van der Waals surface area contributed by atoms with Crippen LogP contribution in [0.3, 0.4) is 0 Å². The molecular formula is C15H20N2O3. The van der Waals surface area contributed by atoms with Crippen LogP contribution in [0.25, 0.3) is 10.9 Å². The molecule has 5 nitrogen and oxygen atoms in total. The van der Waals surface area contributed by atoms with Crippen molar-refractivity contribution in [2.75, 3.05) is 18.5 Å². The van der Waals surface area contributed by atoms with Gasteiger partial charge in [-0.2, -0.15) is 0 Å². The van der Waals surface area contributed by atoms with E-state index in [1.54, 1.807) is 6.07 Å². The Kier molecular flexibility index (Phi) is 4.63. The normalized spacial score (nSPS) is 10.9. The summed E-state index contributed by atoms with van der Waals surface area (Å²) in [5.74, 6) is 0.0497. The number of pyridine rings is 1. The van der Waals surface area contributed by atoms with Crippen LogP contribution in [0.15, 0.2) is 23.0 Å². The quantitative estimate of drug-likeness (QED) is 0.608. The lowest BCUT2D eigenvalue weighted by Crippen LogP contribution is -2.13. The van der Waals surface area contributed by atoms with Gasteiger partial charge in [0.2, 0.25) is 0 Å². The Morgan fingerprint density at radius 2 is 2.15 bits per heavy atom. The minimum Gasteiger partial charge on any atom is -0.506 e. The molecule has 0 amide bonds. The molecule has 0 aliphatic heterocycles. The molecule has 0 spiro atoms. The first kappa shape index (κ1) is 14.4. The largest absolute Gasteiger partial charge is 0.506 e. The van der Waals surface area contributed by atoms with Gasteiger partial charge < -0.3 is 20.5 Å². The van der Waals surface area contributed by atoms with E-state index in [4.69, 9.17) is 5.11 Å². The number of phenolic OH excluding ortho intramolecular Hbond substituents is 1. The lowest BCUT2D eigenvalue weighted by molar-refractivity contribution is 0.311. The summed E-state index contributed by atoms with van der Waals surface area (Å²) in [5, 5.41) is 22.6. The number of aromatic amines is 1. The maximum absolute atomic E-state index is 12.0. The summed E-state index contributed by atoms with van der Waals surface area (Å²) in [5.41, 5.74) is 1.79. The van der Waals surface area contributed by atoms with Crippen molar-refractivity contribution in [2.45, 2.75) is 26.2 Å². The number of aliphatic hydroxyl groups is 1. The van der Waals surface area contributed by atoms with Gasteiger partial charge in [-0.1, -0.05) is 13.3 Å². The summed E-state index contributed by atoms with van der Waals surface area (Å²) >= 11 is 0. The van der Waals surface area contributed by atoms with E-state index in [0.29, 0.717) is 12.1 Å². The summed E-state index contributed by atoms with van der Waals surface area (Å²) in [6.07, 6.45) is 2.69. The van der Waals surface area contributed by atoms with E-state index in [1.807, 2.05) is 6.07 Å². The Morgan fingerprint density at radius 1 is 1.35 bits per heavy atom. The molecule has 2 rings (SSSR count). The third-order valence-corrected chi connectivity index (χ3v) is 3.30. The molecule has 108 valence electrons. The van der Waals surface area contributed by atoms with Crippen molar-refractivity contribution in [3.8, 4) is 5.75 Å². The molecule has 0 radical (unpaired) electrons. The number of phenols is 1. The molecule has 0 unspecified atom stereocenters. The van der Waals surface area contributed by atoms with Crippen LogP contribution in [-0.4, -0.2) is 28.3 Å². The van der Waals surface area contributed by atoms with Crippen LogP contribution < -0.4 is 10.9 Å². The number of nitrogens with one attached hydrogen (secondary N) is 2. The van der Waals surface area contributed by atoms with Crippen molar-refractivity contribution in [3.05, 3.63) is 34.1 Å². The number of fused-ring (bicyclic) bond motifs is 1. The number of unbranched alkanes of at least 4 members (excludes halogenated alkanes) is 1. The molecule has 20 heavy (non-hydrogen) atoms. The van der Waals surface area contributed by atoms with E-state index in [1.165, 1.54) is 6.07 Å². The standard InChI is InChI=1S/C15H20N2O3/c1-2-3-4-10-9-11-12(16-7-8-18)5-6-13(19)14(11)17-15(10)20/h5-6,9,16,18-19H,2-4,7-8H2,1H3,(H,17,20). The predicted octanol–water partition coefficient (Wildman–Crippen LogP) is 1.98. The average molecular weight is 276 g/mol. The lowest BCUT2D eigenvalue weighted by Gasteiger charge is -2.11. The van der Waals surface area contributed by atoms with E-state index in [9.17, 15) is 9.90 Å². The van der Waals surface area contributed by atoms with Gasteiger partial charge in [-0.25, -0.2) is 0 Å². The van der Waals surface area contributed by atoms with Crippen LogP contribution >= 0.6 is 0 Å². The first-order valence-electron chi connectivity index (χ1n) is 6.90. The number of aromatic nitrogens is 1. The zero-order valence-electron chi connectivity index (χ0n) is 11.6. The van der Waals surface area contributed by atoms with Gasteiger partial charge in [0.05, 0.1) is 12.1 Å². The fourth-order valence-corrected chi connectivity index (χ4v) is 2.22. The fourth-order valence-electron chi connectivity index (χ4n) is 2.22. The maximum atomic E-state index is 12.0. The number of aromatic hydroxyl groups is 1. The van der Waals surface area contributed by atoms with Crippen molar-refractivity contribution < 1.29 is 10.2 Å². The molecule has 0 aliphatic carbocycles. The van der Waals surface area contributed by atoms with E-state index in [2.05, 4.69) is 17.2 Å². The van der Waals surface area contributed by atoms with Crippen molar-refractivity contribution in [1.82, 2.24) is 4.98 Å². The van der Waals surface area contributed by atoms with Gasteiger partial charge in [0.1, 0.15) is 5.75 Å². The van der Waals surface area contributed by atoms with Gasteiger partial charge in [0.15, 0.2) is 0 Å². The Morgan fingerprint density at radius 3 is 2.85 bits per heavy atom. The molecule has 1 aromatic heterocycles. The van der Waals surface area contributed by atoms with Gasteiger partial charge in [0.25, 0.3) is 5.56 Å². The van der Waals surface area contributed by atoms with Crippen molar-refractivity contribution in [3.63, 3.8) is 0 Å². The van der Waals surface area contributed by atoms with Gasteiger partial charge in [-0.15, -0.1) is 0 Å². The van der Waals surface area contributed by atoms with Crippen molar-refractivity contribution in [2.24, 2.45) is 0 Å². The van der Waals surface area contributed by atoms with Crippen LogP contribution in [0, 0.1) is 0 Å². The van der Waals surface area contributed by atoms with Crippen LogP contribution in [0.4, 0.5) is 5.69 Å². The van der Waals surface area contributed by atoms with E-state index < -0.39 is 0 Å². The summed E-state index contributed by atoms with van der Waals surface area (Å²) in [6, 6.07) is 5.10. The molecule has 4 N–H and O–H groups in total. The fraction of sp³-hybridized carbons (Fsp3) is 0.400. The zero-order valence-corrected chi connectivity index (χ0v) is 11.6. The number of hydrogen-bond acceptors (Lipinski definition) is 4. The van der Waals surface area contributed by atoms with Crippen LogP contribution in [0.1, 0.15) is 25.3 Å². The molecule has 1 heterocycles. The molecule has 0 bridgehead atoms. The van der Waals surface area contributed by atoms with Crippen molar-refractivity contribution in [1.29, 1.82) is 0 Å². The van der Waals surface area contributed by atoms with Crippen LogP contribution in [0.5, 0.6) is 5.75 Å². The summed E-state index contributed by atoms with van der Waals surface area (Å²) < 4.78 is 0. The highest BCUT2D eigenvalue weighted by Gasteiger charge is 2.09. The third kappa shape index (κ3) is 2.93. The Bertz CT molecular complexity index is 649. The second kappa shape index (κ2) is 6.43. The number of H-pyrrole nitrogens is 1. The number of rotatable bonds is 6. The average Bonchev–Trinajstić information content (AvgIpc) is 2.45. The highest BCUT2D eigenvalue weighted by atomic mass is 16.3. The summed E-state index contributed by atoms with van der Waals surface area (Å²) in [7, 11) is 0. The molecule has 1 aromatic carbocycles. The molecule has 2 aromatic rings. The molecule has 0 aliphatic rings. The first-order chi connectivity index (χ1) is 9.67. The molecule has 0 saturated heterocycles. The van der Waals surface area contributed by atoms with Gasteiger partial charge in [-0.3, -0.25) is 4.79 Å². The predicted molar refractivity (Wildman–Crippen MR) is 80.4 cm³/mol. The monoisotopic (exact) mass is 276 g/mol. The van der Waals surface area contributed by atoms with Crippen LogP contribution in [0.2, 0.25) is 0 Å². The topological polar surface area (TPSA) is 85.3 Å². The van der Waals surface area contributed by atoms with Gasteiger partial charge in [0, 0.05) is 23.2 Å². The first-order valence-corrected chi connectivity index (χ1v) is 6.90. The lowest BCUT2D eigenvalue weighted by atomic mass is 10.1.